The molecule has 0 saturated carbocycles. The van der Waals surface area contributed by atoms with E-state index in [0.29, 0.717) is 17.0 Å². The van der Waals surface area contributed by atoms with Crippen molar-refractivity contribution in [2.45, 2.75) is 51.7 Å². The number of hydrogen-bond donors (Lipinski definition) is 1. The van der Waals surface area contributed by atoms with Gasteiger partial charge in [-0.1, -0.05) is 45.9 Å². The molecule has 1 heterocycles. The molecule has 1 aromatic rings. The SMILES string of the molecule is CCC(C)Cn1c(SCC(=O)O)nnc1C(C)C. The second-order valence-corrected chi connectivity index (χ2v) is 5.74. The summed E-state index contributed by atoms with van der Waals surface area (Å²) < 4.78 is 2.06. The second kappa shape index (κ2) is 6.78. The fraction of sp³-hybridized carbons (Fsp3) is 0.750. The number of hydrogen-bond acceptors (Lipinski definition) is 4. The van der Waals surface area contributed by atoms with Gasteiger partial charge < -0.3 is 9.67 Å². The van der Waals surface area contributed by atoms with Gasteiger partial charge in [0.2, 0.25) is 0 Å². The number of nitrogens with zero attached hydrogens (tertiary/aromatic N) is 3. The van der Waals surface area contributed by atoms with E-state index in [2.05, 4.69) is 42.5 Å². The summed E-state index contributed by atoms with van der Waals surface area (Å²) in [5, 5.41) is 17.7. The lowest BCUT2D eigenvalue weighted by atomic mass is 10.1. The van der Waals surface area contributed by atoms with Crippen LogP contribution in [0.25, 0.3) is 0 Å². The van der Waals surface area contributed by atoms with Gasteiger partial charge in [0.05, 0.1) is 5.75 Å². The molecule has 0 spiro atoms. The van der Waals surface area contributed by atoms with Crippen molar-refractivity contribution >= 4 is 17.7 Å². The summed E-state index contributed by atoms with van der Waals surface area (Å²) in [6.45, 7) is 9.31. The summed E-state index contributed by atoms with van der Waals surface area (Å²) in [7, 11) is 0. The van der Waals surface area contributed by atoms with Crippen LogP contribution < -0.4 is 0 Å². The molecular weight excluding hydrogens is 250 g/mol. The summed E-state index contributed by atoms with van der Waals surface area (Å²) in [5.41, 5.74) is 0. The molecule has 0 saturated heterocycles. The number of aliphatic carboxylic acids is 1. The van der Waals surface area contributed by atoms with Crippen LogP contribution in [0.15, 0.2) is 5.16 Å². The zero-order valence-corrected chi connectivity index (χ0v) is 12.2. The predicted molar refractivity (Wildman–Crippen MR) is 71.9 cm³/mol. The molecule has 0 fully saturated rings. The summed E-state index contributed by atoms with van der Waals surface area (Å²) in [6, 6.07) is 0. The Hall–Kier alpha value is -1.04. The van der Waals surface area contributed by atoms with Crippen molar-refractivity contribution in [3.8, 4) is 0 Å². The van der Waals surface area contributed by atoms with Crippen molar-refractivity contribution in [3.63, 3.8) is 0 Å². The van der Waals surface area contributed by atoms with Crippen molar-refractivity contribution in [1.29, 1.82) is 0 Å². The molecule has 0 radical (unpaired) electrons. The number of carboxylic acids is 1. The maximum atomic E-state index is 10.6. The molecule has 0 amide bonds. The van der Waals surface area contributed by atoms with E-state index in [9.17, 15) is 4.79 Å². The molecule has 1 N–H and O–H groups in total. The van der Waals surface area contributed by atoms with Gasteiger partial charge in [0, 0.05) is 12.5 Å². The van der Waals surface area contributed by atoms with Gasteiger partial charge >= 0.3 is 5.97 Å². The first-order valence-corrected chi connectivity index (χ1v) is 7.21. The monoisotopic (exact) mass is 271 g/mol. The van der Waals surface area contributed by atoms with Crippen LogP contribution >= 0.6 is 11.8 Å². The summed E-state index contributed by atoms with van der Waals surface area (Å²) in [6.07, 6.45) is 1.08. The van der Waals surface area contributed by atoms with E-state index in [4.69, 9.17) is 5.11 Å². The molecule has 0 aliphatic rings. The third-order valence-corrected chi connectivity index (χ3v) is 3.73. The second-order valence-electron chi connectivity index (χ2n) is 4.80. The summed E-state index contributed by atoms with van der Waals surface area (Å²) >= 11 is 1.24. The van der Waals surface area contributed by atoms with Gasteiger partial charge in [-0.05, 0) is 5.92 Å². The molecule has 0 bridgehead atoms. The van der Waals surface area contributed by atoms with Crippen LogP contribution in [-0.4, -0.2) is 31.6 Å². The van der Waals surface area contributed by atoms with E-state index >= 15 is 0 Å². The van der Waals surface area contributed by atoms with Crippen LogP contribution in [-0.2, 0) is 11.3 Å². The van der Waals surface area contributed by atoms with Gasteiger partial charge in [-0.25, -0.2) is 0 Å². The highest BCUT2D eigenvalue weighted by molar-refractivity contribution is 7.99. The lowest BCUT2D eigenvalue weighted by Crippen LogP contribution is -2.13. The minimum Gasteiger partial charge on any atom is -0.481 e. The fourth-order valence-electron chi connectivity index (χ4n) is 1.57. The van der Waals surface area contributed by atoms with Crippen molar-refractivity contribution < 1.29 is 9.90 Å². The predicted octanol–water partition coefficient (Wildman–Crippen LogP) is 2.62. The zero-order chi connectivity index (χ0) is 13.7. The first-order chi connectivity index (χ1) is 8.45. The normalized spacial score (nSPS) is 12.9. The largest absolute Gasteiger partial charge is 0.481 e. The van der Waals surface area contributed by atoms with Gasteiger partial charge in [-0.3, -0.25) is 4.79 Å². The molecular formula is C12H21N3O2S. The molecule has 0 aliphatic carbocycles. The van der Waals surface area contributed by atoms with E-state index in [-0.39, 0.29) is 5.75 Å². The highest BCUT2D eigenvalue weighted by Gasteiger charge is 2.17. The highest BCUT2D eigenvalue weighted by Crippen LogP contribution is 2.23. The molecule has 0 aromatic carbocycles. The van der Waals surface area contributed by atoms with Crippen molar-refractivity contribution in [1.82, 2.24) is 14.8 Å². The number of rotatable bonds is 7. The minimum absolute atomic E-state index is 0.0245. The Kier molecular flexibility index (Phi) is 5.65. The van der Waals surface area contributed by atoms with E-state index in [1.807, 2.05) is 0 Å². The Labute approximate surface area is 112 Å². The fourth-order valence-corrected chi connectivity index (χ4v) is 2.25. The van der Waals surface area contributed by atoms with E-state index in [0.717, 1.165) is 18.8 Å². The zero-order valence-electron chi connectivity index (χ0n) is 11.4. The molecule has 1 unspecified atom stereocenters. The van der Waals surface area contributed by atoms with Crippen LogP contribution in [0, 0.1) is 5.92 Å². The summed E-state index contributed by atoms with van der Waals surface area (Å²) in [5.74, 6) is 0.951. The van der Waals surface area contributed by atoms with Crippen molar-refractivity contribution in [2.75, 3.05) is 5.75 Å². The average Bonchev–Trinajstić information content (AvgIpc) is 2.69. The number of aromatic nitrogens is 3. The smallest absolute Gasteiger partial charge is 0.313 e. The Morgan fingerprint density at radius 2 is 2.06 bits per heavy atom. The molecule has 1 aromatic heterocycles. The van der Waals surface area contributed by atoms with E-state index in [1.165, 1.54) is 11.8 Å². The standard InChI is InChI=1S/C12H21N3O2S/c1-5-9(4)6-15-11(8(2)3)13-14-12(15)18-7-10(16)17/h8-9H,5-7H2,1-4H3,(H,16,17). The van der Waals surface area contributed by atoms with E-state index < -0.39 is 5.97 Å². The Balaban J connectivity index is 2.91. The van der Waals surface area contributed by atoms with Crippen molar-refractivity contribution in [2.24, 2.45) is 5.92 Å². The van der Waals surface area contributed by atoms with Crippen LogP contribution in [0.3, 0.4) is 0 Å². The van der Waals surface area contributed by atoms with Gasteiger partial charge in [-0.15, -0.1) is 10.2 Å². The Morgan fingerprint density at radius 3 is 2.56 bits per heavy atom. The lowest BCUT2D eigenvalue weighted by molar-refractivity contribution is -0.133. The molecule has 1 rings (SSSR count). The molecule has 102 valence electrons. The molecule has 18 heavy (non-hydrogen) atoms. The number of carbonyl (C=O) groups is 1. The molecule has 5 nitrogen and oxygen atoms in total. The van der Waals surface area contributed by atoms with Crippen molar-refractivity contribution in [3.05, 3.63) is 5.82 Å². The van der Waals surface area contributed by atoms with Crippen LogP contribution in [0.5, 0.6) is 0 Å². The van der Waals surface area contributed by atoms with Gasteiger partial charge in [0.1, 0.15) is 5.82 Å². The van der Waals surface area contributed by atoms with Crippen LogP contribution in [0.2, 0.25) is 0 Å². The highest BCUT2D eigenvalue weighted by atomic mass is 32.2. The van der Waals surface area contributed by atoms with Crippen LogP contribution in [0.4, 0.5) is 0 Å². The van der Waals surface area contributed by atoms with Crippen LogP contribution in [0.1, 0.15) is 45.9 Å². The third-order valence-electron chi connectivity index (χ3n) is 2.78. The summed E-state index contributed by atoms with van der Waals surface area (Å²) in [4.78, 5) is 10.6. The molecule has 0 aliphatic heterocycles. The Morgan fingerprint density at radius 1 is 1.39 bits per heavy atom. The minimum atomic E-state index is -0.829. The van der Waals surface area contributed by atoms with E-state index in [1.54, 1.807) is 0 Å². The van der Waals surface area contributed by atoms with Gasteiger partial charge in [-0.2, -0.15) is 0 Å². The first kappa shape index (κ1) is 15.0. The topological polar surface area (TPSA) is 68.0 Å². The average molecular weight is 271 g/mol. The van der Waals surface area contributed by atoms with Gasteiger partial charge in [0.15, 0.2) is 5.16 Å². The first-order valence-electron chi connectivity index (χ1n) is 6.23. The molecule has 6 heteroatoms. The third kappa shape index (κ3) is 4.01. The quantitative estimate of drug-likeness (QED) is 0.772. The Bertz CT molecular complexity index is 404. The molecule has 1 atom stereocenters. The number of thioether (sulfide) groups is 1. The van der Waals surface area contributed by atoms with Gasteiger partial charge in [0.25, 0.3) is 0 Å². The maximum Gasteiger partial charge on any atom is 0.313 e. The number of carboxylic acid groups (broad SMARTS) is 1. The lowest BCUT2D eigenvalue weighted by Gasteiger charge is -2.15. The maximum absolute atomic E-state index is 10.6.